The molecule has 0 aromatic heterocycles. The van der Waals surface area contributed by atoms with E-state index in [-0.39, 0.29) is 6.54 Å². The molecule has 0 saturated carbocycles. The third kappa shape index (κ3) is 8.89. The Morgan fingerprint density at radius 2 is 1.90 bits per heavy atom. The fourth-order valence-electron chi connectivity index (χ4n) is 1.02. The number of hydrogen-bond acceptors (Lipinski definition) is 5. The summed E-state index contributed by atoms with van der Waals surface area (Å²) in [6.45, 7) is 6.48. The Morgan fingerprint density at radius 3 is 2.38 bits per heavy atom. The summed E-state index contributed by atoms with van der Waals surface area (Å²) >= 11 is 0. The van der Waals surface area contributed by atoms with Crippen LogP contribution in [0.4, 0.5) is 9.59 Å². The number of hydrogen-bond donors (Lipinski definition) is 2. The molecule has 0 atom stereocenters. The molecule has 0 saturated heterocycles. The van der Waals surface area contributed by atoms with Crippen LogP contribution in [-0.2, 0) is 9.53 Å². The van der Waals surface area contributed by atoms with Crippen LogP contribution in [-0.4, -0.2) is 35.2 Å². The summed E-state index contributed by atoms with van der Waals surface area (Å²) < 4.78 is 5.09. The minimum absolute atomic E-state index is 0.106. The van der Waals surface area contributed by atoms with Gasteiger partial charge in [-0.1, -0.05) is 5.92 Å². The quantitative estimate of drug-likeness (QED) is 0.580. The molecule has 21 heavy (non-hydrogen) atoms. The minimum atomic E-state index is -0.945. The van der Waals surface area contributed by atoms with Gasteiger partial charge in [0, 0.05) is 0 Å². The first-order chi connectivity index (χ1) is 9.69. The molecule has 114 valence electrons. The highest BCUT2D eigenvalue weighted by atomic mass is 16.6. The molecule has 0 fully saturated rings. The van der Waals surface area contributed by atoms with Crippen LogP contribution in [0.3, 0.4) is 0 Å². The van der Waals surface area contributed by atoms with E-state index >= 15 is 0 Å². The van der Waals surface area contributed by atoms with Crippen LogP contribution in [0.2, 0.25) is 0 Å². The molecule has 0 aromatic carbocycles. The largest absolute Gasteiger partial charge is 0.442 e. The lowest BCUT2D eigenvalue weighted by atomic mass is 10.2. The summed E-state index contributed by atoms with van der Waals surface area (Å²) in [6.07, 6.45) is -1.28. The number of nitrogens with zero attached hydrogens (tertiary/aromatic N) is 2. The molecule has 0 aliphatic rings. The van der Waals surface area contributed by atoms with Gasteiger partial charge in [0.2, 0.25) is 5.91 Å². The molecule has 4 amide bonds. The second-order valence-corrected chi connectivity index (χ2v) is 4.82. The molecule has 8 nitrogen and oxygen atoms in total. The van der Waals surface area contributed by atoms with E-state index in [2.05, 4.69) is 17.3 Å². The topological polar surface area (TPSA) is 112 Å². The van der Waals surface area contributed by atoms with Gasteiger partial charge in [0.05, 0.1) is 6.07 Å². The number of ether oxygens (including phenoxy) is 1. The standard InChI is InChI=1S/C13H18N4O4/c1-5-6-9-17(12(20)21-13(2,3)4)16-11(19)15-10(18)7-8-14/h7,9H2,1-4H3,(H2,15,16,18,19). The van der Waals surface area contributed by atoms with Crippen LogP contribution in [0, 0.1) is 23.2 Å². The second-order valence-electron chi connectivity index (χ2n) is 4.82. The maximum Gasteiger partial charge on any atom is 0.430 e. The zero-order valence-corrected chi connectivity index (χ0v) is 12.4. The lowest BCUT2D eigenvalue weighted by molar-refractivity contribution is -0.119. The molecule has 0 radical (unpaired) electrons. The number of carbonyl (C=O) groups excluding carboxylic acids is 3. The Labute approximate surface area is 123 Å². The predicted molar refractivity (Wildman–Crippen MR) is 73.3 cm³/mol. The minimum Gasteiger partial charge on any atom is -0.442 e. The Hall–Kier alpha value is -2.74. The summed E-state index contributed by atoms with van der Waals surface area (Å²) in [7, 11) is 0. The van der Waals surface area contributed by atoms with E-state index in [1.807, 2.05) is 5.32 Å². The van der Waals surface area contributed by atoms with Crippen LogP contribution in [0.25, 0.3) is 0 Å². The van der Waals surface area contributed by atoms with E-state index in [0.29, 0.717) is 0 Å². The van der Waals surface area contributed by atoms with Gasteiger partial charge in [-0.15, -0.1) is 5.92 Å². The van der Waals surface area contributed by atoms with Gasteiger partial charge in [-0.2, -0.15) is 5.26 Å². The molecule has 0 bridgehead atoms. The number of hydrazine groups is 1. The smallest absolute Gasteiger partial charge is 0.430 e. The molecule has 0 spiro atoms. The van der Waals surface area contributed by atoms with Gasteiger partial charge in [-0.3, -0.25) is 10.1 Å². The van der Waals surface area contributed by atoms with Crippen molar-refractivity contribution < 1.29 is 19.1 Å². The predicted octanol–water partition coefficient (Wildman–Crippen LogP) is 0.901. The van der Waals surface area contributed by atoms with E-state index in [9.17, 15) is 14.4 Å². The molecular weight excluding hydrogens is 276 g/mol. The molecule has 0 heterocycles. The van der Waals surface area contributed by atoms with Gasteiger partial charge >= 0.3 is 12.1 Å². The number of nitriles is 1. The number of urea groups is 1. The van der Waals surface area contributed by atoms with E-state index in [1.165, 1.54) is 0 Å². The monoisotopic (exact) mass is 294 g/mol. The van der Waals surface area contributed by atoms with Crippen molar-refractivity contribution in [1.82, 2.24) is 15.8 Å². The zero-order valence-electron chi connectivity index (χ0n) is 12.4. The first-order valence-corrected chi connectivity index (χ1v) is 6.07. The van der Waals surface area contributed by atoms with E-state index < -0.39 is 30.1 Å². The van der Waals surface area contributed by atoms with E-state index in [4.69, 9.17) is 10.00 Å². The Morgan fingerprint density at radius 1 is 1.29 bits per heavy atom. The van der Waals surface area contributed by atoms with Crippen LogP contribution < -0.4 is 10.7 Å². The maximum atomic E-state index is 11.9. The number of rotatable bonds is 2. The van der Waals surface area contributed by atoms with Crippen molar-refractivity contribution in [2.45, 2.75) is 39.7 Å². The normalized spacial score (nSPS) is 9.48. The summed E-state index contributed by atoms with van der Waals surface area (Å²) in [5, 5.41) is 11.0. The molecule has 8 heteroatoms. The molecule has 0 rings (SSSR count). The molecule has 0 aliphatic carbocycles. The number of imide groups is 1. The van der Waals surface area contributed by atoms with Crippen molar-refractivity contribution in [1.29, 1.82) is 5.26 Å². The fraction of sp³-hybridized carbons (Fsp3) is 0.538. The van der Waals surface area contributed by atoms with Gasteiger partial charge in [-0.25, -0.2) is 20.0 Å². The average molecular weight is 294 g/mol. The maximum absolute atomic E-state index is 11.9. The van der Waals surface area contributed by atoms with Crippen LogP contribution in [0.15, 0.2) is 0 Å². The Bertz CT molecular complexity index is 505. The van der Waals surface area contributed by atoms with Crippen molar-refractivity contribution >= 4 is 18.0 Å². The van der Waals surface area contributed by atoms with E-state index in [0.717, 1.165) is 5.01 Å². The average Bonchev–Trinajstić information content (AvgIpc) is 2.32. The molecular formula is C13H18N4O4. The lowest BCUT2D eigenvalue weighted by Gasteiger charge is -2.26. The molecule has 2 N–H and O–H groups in total. The third-order valence-corrected chi connectivity index (χ3v) is 1.76. The van der Waals surface area contributed by atoms with Crippen LogP contribution in [0.5, 0.6) is 0 Å². The highest BCUT2D eigenvalue weighted by Gasteiger charge is 2.23. The number of amides is 4. The first kappa shape index (κ1) is 18.3. The lowest BCUT2D eigenvalue weighted by Crippen LogP contribution is -2.52. The van der Waals surface area contributed by atoms with Crippen molar-refractivity contribution in [2.75, 3.05) is 6.54 Å². The fourth-order valence-corrected chi connectivity index (χ4v) is 1.02. The molecule has 0 unspecified atom stereocenters. The van der Waals surface area contributed by atoms with Gasteiger partial charge in [-0.05, 0) is 27.7 Å². The van der Waals surface area contributed by atoms with Gasteiger partial charge in [0.1, 0.15) is 18.6 Å². The van der Waals surface area contributed by atoms with Crippen LogP contribution >= 0.6 is 0 Å². The van der Waals surface area contributed by atoms with Crippen LogP contribution in [0.1, 0.15) is 34.1 Å². The number of nitrogens with one attached hydrogen (secondary N) is 2. The molecule has 0 aliphatic heterocycles. The van der Waals surface area contributed by atoms with Gasteiger partial charge in [0.15, 0.2) is 0 Å². The van der Waals surface area contributed by atoms with Crippen molar-refractivity contribution in [2.24, 2.45) is 0 Å². The summed E-state index contributed by atoms with van der Waals surface area (Å²) in [6, 6.07) is 0.649. The Kier molecular flexibility index (Phi) is 7.33. The summed E-state index contributed by atoms with van der Waals surface area (Å²) in [4.78, 5) is 34.5. The molecule has 0 aromatic rings. The summed E-state index contributed by atoms with van der Waals surface area (Å²) in [5.41, 5.74) is 1.39. The van der Waals surface area contributed by atoms with Crippen molar-refractivity contribution in [3.05, 3.63) is 0 Å². The first-order valence-electron chi connectivity index (χ1n) is 6.07. The second kappa shape index (κ2) is 8.43. The SMILES string of the molecule is CC#CCN(NC(=O)NC(=O)CC#N)C(=O)OC(C)(C)C. The Balaban J connectivity index is 4.72. The van der Waals surface area contributed by atoms with E-state index in [1.54, 1.807) is 33.8 Å². The van der Waals surface area contributed by atoms with Gasteiger partial charge in [0.25, 0.3) is 0 Å². The highest BCUT2D eigenvalue weighted by Crippen LogP contribution is 2.08. The zero-order chi connectivity index (χ0) is 16.5. The van der Waals surface area contributed by atoms with Crippen molar-refractivity contribution in [3.8, 4) is 17.9 Å². The number of carbonyl (C=O) groups is 3. The summed E-state index contributed by atoms with van der Waals surface area (Å²) in [5.74, 6) is 4.39. The van der Waals surface area contributed by atoms with Gasteiger partial charge < -0.3 is 4.74 Å². The third-order valence-electron chi connectivity index (χ3n) is 1.76. The van der Waals surface area contributed by atoms with Crippen molar-refractivity contribution in [3.63, 3.8) is 0 Å². The highest BCUT2D eigenvalue weighted by molar-refractivity contribution is 5.95.